The quantitative estimate of drug-likeness (QED) is 0.552. The van der Waals surface area contributed by atoms with Gasteiger partial charge in [0.2, 0.25) is 5.91 Å². The maximum Gasteiger partial charge on any atom is 0.311 e. The second-order valence-electron chi connectivity index (χ2n) is 10.7. The lowest BCUT2D eigenvalue weighted by Gasteiger charge is -2.30. The summed E-state index contributed by atoms with van der Waals surface area (Å²) in [6, 6.07) is 6.87. The highest BCUT2D eigenvalue weighted by Gasteiger charge is 2.29. The molecule has 1 aromatic carbocycles. The molecular formula is C25H40N2O4. The zero-order chi connectivity index (χ0) is 24.0. The van der Waals surface area contributed by atoms with Gasteiger partial charge in [-0.2, -0.15) is 0 Å². The van der Waals surface area contributed by atoms with E-state index >= 15 is 0 Å². The third-order valence-electron chi connectivity index (χ3n) is 4.76. The fourth-order valence-corrected chi connectivity index (χ4v) is 2.92. The molecule has 2 N–H and O–H groups in total. The van der Waals surface area contributed by atoms with Gasteiger partial charge in [0, 0.05) is 23.6 Å². The molecule has 174 valence electrons. The number of hydrogen-bond donors (Lipinski definition) is 2. The topological polar surface area (TPSA) is 84.5 Å². The van der Waals surface area contributed by atoms with Gasteiger partial charge in [-0.1, -0.05) is 32.9 Å². The van der Waals surface area contributed by atoms with Gasteiger partial charge >= 0.3 is 5.97 Å². The molecule has 0 radical (unpaired) electrons. The largest absolute Gasteiger partial charge is 0.460 e. The second kappa shape index (κ2) is 10.9. The average molecular weight is 433 g/mol. The molecule has 1 aromatic rings. The van der Waals surface area contributed by atoms with E-state index in [0.717, 1.165) is 5.56 Å². The van der Waals surface area contributed by atoms with E-state index in [9.17, 15) is 14.4 Å². The SMILES string of the molecule is CC(C)[C@H](NC(C)(C)C)C(=O)C[C@@H](C)C(=O)Nc1ccc(COC(=O)C(C)(C)C)cc1. The summed E-state index contributed by atoms with van der Waals surface area (Å²) in [5, 5.41) is 6.23. The second-order valence-corrected chi connectivity index (χ2v) is 10.7. The molecule has 0 bridgehead atoms. The molecule has 0 spiro atoms. The minimum atomic E-state index is -0.543. The van der Waals surface area contributed by atoms with Crippen molar-refractivity contribution in [1.29, 1.82) is 0 Å². The molecule has 0 aliphatic rings. The lowest BCUT2D eigenvalue weighted by Crippen LogP contribution is -2.50. The molecule has 0 saturated carbocycles. The lowest BCUT2D eigenvalue weighted by molar-refractivity contribution is -0.154. The summed E-state index contributed by atoms with van der Waals surface area (Å²) in [6.45, 7) is 17.5. The number of carbonyl (C=O) groups excluding carboxylic acids is 3. The highest BCUT2D eigenvalue weighted by Crippen LogP contribution is 2.19. The van der Waals surface area contributed by atoms with Crippen molar-refractivity contribution in [1.82, 2.24) is 5.32 Å². The number of ketones is 1. The third-order valence-corrected chi connectivity index (χ3v) is 4.76. The van der Waals surface area contributed by atoms with Crippen molar-refractivity contribution in [2.75, 3.05) is 5.32 Å². The Morgan fingerprint density at radius 1 is 0.935 bits per heavy atom. The molecule has 0 unspecified atom stereocenters. The molecule has 1 rings (SSSR count). The first-order chi connectivity index (χ1) is 14.1. The van der Waals surface area contributed by atoms with Crippen LogP contribution in [-0.4, -0.2) is 29.2 Å². The van der Waals surface area contributed by atoms with Crippen molar-refractivity contribution < 1.29 is 19.1 Å². The van der Waals surface area contributed by atoms with Crippen LogP contribution in [0.5, 0.6) is 0 Å². The first-order valence-electron chi connectivity index (χ1n) is 11.0. The summed E-state index contributed by atoms with van der Waals surface area (Å²) in [4.78, 5) is 37.2. The van der Waals surface area contributed by atoms with Gasteiger partial charge in [-0.15, -0.1) is 0 Å². The van der Waals surface area contributed by atoms with Crippen molar-refractivity contribution >= 4 is 23.3 Å². The van der Waals surface area contributed by atoms with Gasteiger partial charge in [0.25, 0.3) is 0 Å². The highest BCUT2D eigenvalue weighted by atomic mass is 16.5. The Kier molecular flexibility index (Phi) is 9.43. The fourth-order valence-electron chi connectivity index (χ4n) is 2.92. The monoisotopic (exact) mass is 432 g/mol. The minimum absolute atomic E-state index is 0.0450. The summed E-state index contributed by atoms with van der Waals surface area (Å²) in [7, 11) is 0. The van der Waals surface area contributed by atoms with Crippen LogP contribution in [0.2, 0.25) is 0 Å². The van der Waals surface area contributed by atoms with Crippen molar-refractivity contribution in [2.45, 2.75) is 86.9 Å². The average Bonchev–Trinajstić information content (AvgIpc) is 2.63. The van der Waals surface area contributed by atoms with Crippen LogP contribution < -0.4 is 10.6 Å². The zero-order valence-electron chi connectivity index (χ0n) is 20.6. The van der Waals surface area contributed by atoms with Crippen molar-refractivity contribution in [3.05, 3.63) is 29.8 Å². The van der Waals surface area contributed by atoms with Crippen LogP contribution in [0.4, 0.5) is 5.69 Å². The summed E-state index contributed by atoms with van der Waals surface area (Å²) in [6.07, 6.45) is 0.179. The third kappa shape index (κ3) is 9.64. The Balaban J connectivity index is 2.64. The van der Waals surface area contributed by atoms with Crippen molar-refractivity contribution in [2.24, 2.45) is 17.3 Å². The predicted molar refractivity (Wildman–Crippen MR) is 125 cm³/mol. The summed E-state index contributed by atoms with van der Waals surface area (Å²) in [5.41, 5.74) is 0.757. The Morgan fingerprint density at radius 3 is 1.94 bits per heavy atom. The lowest BCUT2D eigenvalue weighted by atomic mass is 9.91. The van der Waals surface area contributed by atoms with Crippen LogP contribution in [0.25, 0.3) is 0 Å². The number of benzene rings is 1. The molecule has 31 heavy (non-hydrogen) atoms. The van der Waals surface area contributed by atoms with E-state index in [1.807, 2.05) is 67.5 Å². The highest BCUT2D eigenvalue weighted by molar-refractivity contribution is 5.96. The number of esters is 1. The Hall–Kier alpha value is -2.21. The summed E-state index contributed by atoms with van der Waals surface area (Å²) < 4.78 is 5.30. The van der Waals surface area contributed by atoms with E-state index < -0.39 is 11.3 Å². The van der Waals surface area contributed by atoms with Gasteiger partial charge in [-0.25, -0.2) is 0 Å². The molecule has 0 aromatic heterocycles. The number of hydrogen-bond acceptors (Lipinski definition) is 5. The summed E-state index contributed by atoms with van der Waals surface area (Å²) in [5.74, 6) is -0.712. The van der Waals surface area contributed by atoms with Crippen LogP contribution >= 0.6 is 0 Å². The molecule has 2 atom stereocenters. The first-order valence-corrected chi connectivity index (χ1v) is 11.0. The molecule has 0 heterocycles. The number of Topliss-reactive ketones (excluding diaryl/α,β-unsaturated/α-hetero) is 1. The molecule has 0 fully saturated rings. The predicted octanol–water partition coefficient (Wildman–Crippen LogP) is 4.72. The van der Waals surface area contributed by atoms with E-state index in [1.165, 1.54) is 0 Å². The minimum Gasteiger partial charge on any atom is -0.460 e. The molecule has 0 aliphatic carbocycles. The van der Waals surface area contributed by atoms with E-state index in [0.29, 0.717) is 5.69 Å². The first kappa shape index (κ1) is 26.8. The van der Waals surface area contributed by atoms with E-state index in [1.54, 1.807) is 19.1 Å². The normalized spacial score (nSPS) is 14.1. The Bertz CT molecular complexity index is 755. The summed E-state index contributed by atoms with van der Waals surface area (Å²) >= 11 is 0. The van der Waals surface area contributed by atoms with E-state index in [-0.39, 0.29) is 48.2 Å². The number of amides is 1. The van der Waals surface area contributed by atoms with Crippen LogP contribution in [0.15, 0.2) is 24.3 Å². The van der Waals surface area contributed by atoms with Crippen molar-refractivity contribution in [3.8, 4) is 0 Å². The van der Waals surface area contributed by atoms with E-state index in [4.69, 9.17) is 4.74 Å². The number of ether oxygens (including phenoxy) is 1. The number of nitrogens with one attached hydrogen (secondary N) is 2. The zero-order valence-corrected chi connectivity index (χ0v) is 20.6. The molecule has 6 nitrogen and oxygen atoms in total. The van der Waals surface area contributed by atoms with Crippen LogP contribution in [0.1, 0.15) is 74.3 Å². The number of rotatable bonds is 9. The molecular weight excluding hydrogens is 392 g/mol. The molecule has 0 aliphatic heterocycles. The Morgan fingerprint density at radius 2 is 1.48 bits per heavy atom. The van der Waals surface area contributed by atoms with Crippen LogP contribution in [0.3, 0.4) is 0 Å². The maximum atomic E-state index is 12.8. The fraction of sp³-hybridized carbons (Fsp3) is 0.640. The standard InChI is InChI=1S/C25H40N2O4/c1-16(2)21(27-25(7,8)9)20(28)14-17(3)22(29)26-19-12-10-18(11-13-19)15-31-23(30)24(4,5)6/h10-13,16-17,21,27H,14-15H2,1-9H3,(H,26,29)/t17-,21+/m1/s1. The maximum absolute atomic E-state index is 12.8. The van der Waals surface area contributed by atoms with Gasteiger partial charge in [-0.05, 0) is 65.2 Å². The Labute approximate surface area is 187 Å². The van der Waals surface area contributed by atoms with Gasteiger partial charge < -0.3 is 15.4 Å². The van der Waals surface area contributed by atoms with E-state index in [2.05, 4.69) is 10.6 Å². The smallest absolute Gasteiger partial charge is 0.311 e. The van der Waals surface area contributed by atoms with Crippen molar-refractivity contribution in [3.63, 3.8) is 0 Å². The number of anilines is 1. The van der Waals surface area contributed by atoms with Crippen LogP contribution in [-0.2, 0) is 25.7 Å². The molecule has 0 saturated heterocycles. The van der Waals surface area contributed by atoms with Crippen LogP contribution in [0, 0.1) is 17.3 Å². The molecule has 6 heteroatoms. The van der Waals surface area contributed by atoms with Gasteiger partial charge in [-0.3, -0.25) is 14.4 Å². The van der Waals surface area contributed by atoms with Gasteiger partial charge in [0.1, 0.15) is 6.61 Å². The van der Waals surface area contributed by atoms with Gasteiger partial charge in [0.05, 0.1) is 11.5 Å². The molecule has 1 amide bonds. The van der Waals surface area contributed by atoms with Gasteiger partial charge in [0.15, 0.2) is 5.78 Å². The number of carbonyl (C=O) groups is 3.